The van der Waals surface area contributed by atoms with Crippen molar-refractivity contribution in [2.45, 2.75) is 25.7 Å². The van der Waals surface area contributed by atoms with E-state index in [0.717, 1.165) is 0 Å². The molecule has 2 amide bonds. The van der Waals surface area contributed by atoms with Crippen LogP contribution < -0.4 is 15.4 Å². The van der Waals surface area contributed by atoms with Gasteiger partial charge in [0, 0.05) is 30.9 Å². The van der Waals surface area contributed by atoms with E-state index in [-0.39, 0.29) is 28.0 Å². The molecule has 0 radical (unpaired) electrons. The molecule has 8 nitrogen and oxygen atoms in total. The SMILES string of the molecule is CCNC(=O)COc1ccc(NC(=O)c2ccc(Cl)c(S(=O)(=O)N(CC)CC)c2)cc1. The Bertz CT molecular complexity index is 1020. The monoisotopic (exact) mass is 467 g/mol. The summed E-state index contributed by atoms with van der Waals surface area (Å²) in [5, 5.41) is 5.38. The third-order valence-corrected chi connectivity index (χ3v) is 6.90. The Balaban J connectivity index is 2.13. The third-order valence-electron chi connectivity index (χ3n) is 4.37. The zero-order chi connectivity index (χ0) is 23.0. The lowest BCUT2D eigenvalue weighted by atomic mass is 10.2. The second-order valence-electron chi connectivity index (χ2n) is 6.46. The van der Waals surface area contributed by atoms with Crippen LogP contribution in [-0.4, -0.2) is 50.8 Å². The maximum atomic E-state index is 12.8. The van der Waals surface area contributed by atoms with E-state index in [1.807, 2.05) is 6.92 Å². The van der Waals surface area contributed by atoms with Crippen LogP contribution in [0.5, 0.6) is 5.75 Å². The molecule has 0 aliphatic heterocycles. The lowest BCUT2D eigenvalue weighted by molar-refractivity contribution is -0.122. The van der Waals surface area contributed by atoms with Crippen molar-refractivity contribution in [3.05, 3.63) is 53.1 Å². The molecule has 0 atom stereocenters. The van der Waals surface area contributed by atoms with Gasteiger partial charge in [0.25, 0.3) is 11.8 Å². The minimum atomic E-state index is -3.81. The van der Waals surface area contributed by atoms with E-state index in [1.165, 1.54) is 22.5 Å². The number of carbonyl (C=O) groups excluding carboxylic acids is 2. The van der Waals surface area contributed by atoms with E-state index >= 15 is 0 Å². The molecular formula is C21H26ClN3O5S. The number of hydrogen-bond donors (Lipinski definition) is 2. The number of ether oxygens (including phenoxy) is 1. The Hall–Kier alpha value is -2.62. The summed E-state index contributed by atoms with van der Waals surface area (Å²) in [7, 11) is -3.81. The minimum absolute atomic E-state index is 0.0528. The summed E-state index contributed by atoms with van der Waals surface area (Å²) < 4.78 is 32.2. The molecule has 2 N–H and O–H groups in total. The van der Waals surface area contributed by atoms with Gasteiger partial charge in [0.05, 0.1) is 5.02 Å². The van der Waals surface area contributed by atoms with Gasteiger partial charge < -0.3 is 15.4 Å². The van der Waals surface area contributed by atoms with Crippen molar-refractivity contribution in [1.82, 2.24) is 9.62 Å². The second kappa shape index (κ2) is 11.1. The molecule has 10 heteroatoms. The van der Waals surface area contributed by atoms with Crippen LogP contribution in [0, 0.1) is 0 Å². The summed E-state index contributed by atoms with van der Waals surface area (Å²) in [5.74, 6) is -0.231. The first-order valence-corrected chi connectivity index (χ1v) is 11.6. The van der Waals surface area contributed by atoms with E-state index in [0.29, 0.717) is 31.1 Å². The number of halogens is 1. The van der Waals surface area contributed by atoms with E-state index in [2.05, 4.69) is 10.6 Å². The molecule has 0 saturated heterocycles. The van der Waals surface area contributed by atoms with Gasteiger partial charge in [0.1, 0.15) is 10.6 Å². The summed E-state index contributed by atoms with van der Waals surface area (Å²) >= 11 is 6.11. The number of likely N-dealkylation sites (N-methyl/N-ethyl adjacent to an activating group) is 1. The Morgan fingerprint density at radius 2 is 1.68 bits per heavy atom. The maximum Gasteiger partial charge on any atom is 0.257 e. The van der Waals surface area contributed by atoms with Gasteiger partial charge >= 0.3 is 0 Å². The van der Waals surface area contributed by atoms with Gasteiger partial charge in [0.15, 0.2) is 6.61 Å². The minimum Gasteiger partial charge on any atom is -0.484 e. The molecule has 2 aromatic rings. The molecule has 0 unspecified atom stereocenters. The first-order chi connectivity index (χ1) is 14.7. The molecular weight excluding hydrogens is 442 g/mol. The second-order valence-corrected chi connectivity index (χ2v) is 8.77. The molecule has 168 valence electrons. The van der Waals surface area contributed by atoms with Crippen LogP contribution in [0.1, 0.15) is 31.1 Å². The van der Waals surface area contributed by atoms with E-state index in [9.17, 15) is 18.0 Å². The molecule has 0 aliphatic rings. The van der Waals surface area contributed by atoms with E-state index < -0.39 is 15.9 Å². The lowest BCUT2D eigenvalue weighted by Gasteiger charge is -2.19. The molecule has 0 aromatic heterocycles. The number of benzene rings is 2. The molecule has 0 aliphatic carbocycles. The maximum absolute atomic E-state index is 12.8. The zero-order valence-electron chi connectivity index (χ0n) is 17.6. The smallest absolute Gasteiger partial charge is 0.257 e. The van der Waals surface area contributed by atoms with Crippen LogP contribution in [0.4, 0.5) is 5.69 Å². The number of hydrogen-bond acceptors (Lipinski definition) is 5. The fourth-order valence-corrected chi connectivity index (χ4v) is 4.74. The van der Waals surface area contributed by atoms with Crippen LogP contribution in [-0.2, 0) is 14.8 Å². The van der Waals surface area contributed by atoms with Crippen molar-refractivity contribution in [3.8, 4) is 5.75 Å². The Labute approximate surface area is 187 Å². The average Bonchev–Trinajstić information content (AvgIpc) is 2.74. The highest BCUT2D eigenvalue weighted by Gasteiger charge is 2.25. The van der Waals surface area contributed by atoms with Crippen molar-refractivity contribution in [3.63, 3.8) is 0 Å². The summed E-state index contributed by atoms with van der Waals surface area (Å²) in [5.41, 5.74) is 0.644. The average molecular weight is 468 g/mol. The van der Waals surface area contributed by atoms with Crippen LogP contribution in [0.25, 0.3) is 0 Å². The number of carbonyl (C=O) groups is 2. The molecule has 0 fully saturated rings. The highest BCUT2D eigenvalue weighted by Crippen LogP contribution is 2.26. The number of anilines is 1. The Morgan fingerprint density at radius 1 is 1.03 bits per heavy atom. The van der Waals surface area contributed by atoms with Crippen LogP contribution in [0.3, 0.4) is 0 Å². The summed E-state index contributed by atoms with van der Waals surface area (Å²) in [4.78, 5) is 24.0. The molecule has 0 spiro atoms. The predicted octanol–water partition coefficient (Wildman–Crippen LogP) is 3.14. The van der Waals surface area contributed by atoms with Crippen LogP contribution in [0.2, 0.25) is 5.02 Å². The van der Waals surface area contributed by atoms with Gasteiger partial charge in [-0.25, -0.2) is 8.42 Å². The predicted molar refractivity (Wildman–Crippen MR) is 120 cm³/mol. The van der Waals surface area contributed by atoms with Gasteiger partial charge in [0.2, 0.25) is 10.0 Å². The standard InChI is InChI=1S/C21H26ClN3O5S/c1-4-23-20(26)14-30-17-10-8-16(9-11-17)24-21(27)15-7-12-18(22)19(13-15)31(28,29)25(5-2)6-3/h7-13H,4-6,14H2,1-3H3,(H,23,26)(H,24,27). The first kappa shape index (κ1) is 24.6. The lowest BCUT2D eigenvalue weighted by Crippen LogP contribution is -2.31. The largest absolute Gasteiger partial charge is 0.484 e. The van der Waals surface area contributed by atoms with Gasteiger partial charge in [-0.3, -0.25) is 9.59 Å². The Morgan fingerprint density at radius 3 is 2.26 bits per heavy atom. The van der Waals surface area contributed by atoms with Gasteiger partial charge in [-0.05, 0) is 49.4 Å². The summed E-state index contributed by atoms with van der Waals surface area (Å²) in [6.45, 7) is 6.28. The number of amides is 2. The highest BCUT2D eigenvalue weighted by atomic mass is 35.5. The number of rotatable bonds is 10. The molecule has 0 bridgehead atoms. The van der Waals surface area contributed by atoms with Crippen molar-refractivity contribution >= 4 is 39.1 Å². The Kier molecular flexibility index (Phi) is 8.85. The number of nitrogens with zero attached hydrogens (tertiary/aromatic N) is 1. The van der Waals surface area contributed by atoms with Gasteiger partial charge in [-0.15, -0.1) is 0 Å². The van der Waals surface area contributed by atoms with Crippen molar-refractivity contribution in [1.29, 1.82) is 0 Å². The first-order valence-electron chi connectivity index (χ1n) is 9.83. The summed E-state index contributed by atoms with van der Waals surface area (Å²) in [6, 6.07) is 10.6. The van der Waals surface area contributed by atoms with Crippen molar-refractivity contribution in [2.75, 3.05) is 31.6 Å². The van der Waals surface area contributed by atoms with Crippen LogP contribution in [0.15, 0.2) is 47.4 Å². The van der Waals surface area contributed by atoms with E-state index in [4.69, 9.17) is 16.3 Å². The fourth-order valence-electron chi connectivity index (χ4n) is 2.78. The normalized spacial score (nSPS) is 11.3. The fraction of sp³-hybridized carbons (Fsp3) is 0.333. The van der Waals surface area contributed by atoms with Gasteiger partial charge in [-0.2, -0.15) is 4.31 Å². The molecule has 31 heavy (non-hydrogen) atoms. The van der Waals surface area contributed by atoms with Crippen molar-refractivity contribution < 1.29 is 22.7 Å². The highest BCUT2D eigenvalue weighted by molar-refractivity contribution is 7.89. The molecule has 2 rings (SSSR count). The van der Waals surface area contributed by atoms with Crippen molar-refractivity contribution in [2.24, 2.45) is 0 Å². The van der Waals surface area contributed by atoms with E-state index in [1.54, 1.807) is 38.1 Å². The molecule has 0 saturated carbocycles. The third kappa shape index (κ3) is 6.43. The number of sulfonamides is 1. The summed E-state index contributed by atoms with van der Waals surface area (Å²) in [6.07, 6.45) is 0. The van der Waals surface area contributed by atoms with Crippen LogP contribution >= 0.6 is 11.6 Å². The number of nitrogens with one attached hydrogen (secondary N) is 2. The molecule has 0 heterocycles. The quantitative estimate of drug-likeness (QED) is 0.558. The zero-order valence-corrected chi connectivity index (χ0v) is 19.2. The van der Waals surface area contributed by atoms with Gasteiger partial charge in [-0.1, -0.05) is 25.4 Å². The molecule has 2 aromatic carbocycles. The topological polar surface area (TPSA) is 105 Å².